The van der Waals surface area contributed by atoms with Crippen molar-refractivity contribution < 1.29 is 13.7 Å². The van der Waals surface area contributed by atoms with Gasteiger partial charge in [-0.1, -0.05) is 19.0 Å². The second kappa shape index (κ2) is 8.03. The molecule has 3 N–H and O–H groups in total. The topological polar surface area (TPSA) is 94.0 Å². The van der Waals surface area contributed by atoms with Crippen LogP contribution in [0.15, 0.2) is 22.7 Å². The zero-order valence-corrected chi connectivity index (χ0v) is 14.0. The Morgan fingerprint density at radius 2 is 2.13 bits per heavy atom. The van der Waals surface area contributed by atoms with E-state index in [-0.39, 0.29) is 42.5 Å². The maximum Gasteiger partial charge on any atom is 0.246 e. The van der Waals surface area contributed by atoms with E-state index in [0.717, 1.165) is 0 Å². The lowest BCUT2D eigenvalue weighted by molar-refractivity contribution is -0.123. The minimum absolute atomic E-state index is 0. The van der Waals surface area contributed by atoms with E-state index < -0.39 is 6.04 Å². The van der Waals surface area contributed by atoms with Crippen LogP contribution in [-0.2, 0) is 11.3 Å². The highest BCUT2D eigenvalue weighted by atomic mass is 35.5. The third-order valence-corrected chi connectivity index (χ3v) is 3.32. The number of amides is 1. The van der Waals surface area contributed by atoms with E-state index in [4.69, 9.17) is 10.3 Å². The quantitative estimate of drug-likeness (QED) is 0.868. The maximum atomic E-state index is 13.2. The molecule has 0 saturated carbocycles. The van der Waals surface area contributed by atoms with Crippen molar-refractivity contribution >= 4 is 18.3 Å². The van der Waals surface area contributed by atoms with Gasteiger partial charge in [-0.3, -0.25) is 4.79 Å². The summed E-state index contributed by atoms with van der Waals surface area (Å²) in [5.74, 6) is 0.0945. The first-order valence-corrected chi connectivity index (χ1v) is 7.01. The third kappa shape index (κ3) is 4.74. The second-order valence-electron chi connectivity index (χ2n) is 5.46. The first-order valence-electron chi connectivity index (χ1n) is 7.01. The van der Waals surface area contributed by atoms with Gasteiger partial charge in [-0.25, -0.2) is 4.39 Å². The van der Waals surface area contributed by atoms with Crippen molar-refractivity contribution in [1.29, 1.82) is 0 Å². The molecule has 0 radical (unpaired) electrons. The van der Waals surface area contributed by atoms with Gasteiger partial charge in [0.15, 0.2) is 0 Å². The van der Waals surface area contributed by atoms with Crippen LogP contribution in [0.5, 0.6) is 0 Å². The highest BCUT2D eigenvalue weighted by molar-refractivity contribution is 5.85. The van der Waals surface area contributed by atoms with E-state index in [0.29, 0.717) is 17.0 Å². The van der Waals surface area contributed by atoms with Crippen molar-refractivity contribution in [2.45, 2.75) is 33.4 Å². The van der Waals surface area contributed by atoms with E-state index in [2.05, 4.69) is 15.5 Å². The molecule has 1 aromatic heterocycles. The molecule has 0 aliphatic carbocycles. The largest absolute Gasteiger partial charge is 0.346 e. The van der Waals surface area contributed by atoms with Crippen molar-refractivity contribution in [2.75, 3.05) is 0 Å². The van der Waals surface area contributed by atoms with Gasteiger partial charge in [-0.05, 0) is 36.6 Å². The van der Waals surface area contributed by atoms with Crippen LogP contribution in [0.1, 0.15) is 25.3 Å². The van der Waals surface area contributed by atoms with Crippen LogP contribution in [0.25, 0.3) is 11.4 Å². The molecule has 6 nitrogen and oxygen atoms in total. The lowest BCUT2D eigenvalue weighted by Gasteiger charge is -2.14. The van der Waals surface area contributed by atoms with Crippen molar-refractivity contribution in [2.24, 2.45) is 11.7 Å². The number of aromatic nitrogens is 2. The molecule has 1 atom stereocenters. The number of benzene rings is 1. The number of nitrogens with two attached hydrogens (primary N) is 1. The van der Waals surface area contributed by atoms with Crippen molar-refractivity contribution in [3.63, 3.8) is 0 Å². The Kier molecular flexibility index (Phi) is 6.65. The molecule has 2 aromatic rings. The Bertz CT molecular complexity index is 675. The fraction of sp³-hybridized carbons (Fsp3) is 0.400. The summed E-state index contributed by atoms with van der Waals surface area (Å²) in [7, 11) is 0. The van der Waals surface area contributed by atoms with Crippen molar-refractivity contribution in [1.82, 2.24) is 15.5 Å². The number of halogens is 2. The molecule has 0 bridgehead atoms. The maximum absolute atomic E-state index is 13.2. The highest BCUT2D eigenvalue weighted by Crippen LogP contribution is 2.19. The molecule has 8 heteroatoms. The van der Waals surface area contributed by atoms with Gasteiger partial charge in [0.2, 0.25) is 17.6 Å². The van der Waals surface area contributed by atoms with Crippen molar-refractivity contribution in [3.8, 4) is 11.4 Å². The third-order valence-electron chi connectivity index (χ3n) is 3.32. The van der Waals surface area contributed by atoms with Gasteiger partial charge in [0.05, 0.1) is 12.6 Å². The first-order chi connectivity index (χ1) is 10.4. The molecule has 1 amide bonds. The van der Waals surface area contributed by atoms with Gasteiger partial charge in [-0.2, -0.15) is 4.98 Å². The summed E-state index contributed by atoms with van der Waals surface area (Å²) in [6.07, 6.45) is 0. The molecular weight excluding hydrogens is 323 g/mol. The fourth-order valence-electron chi connectivity index (χ4n) is 1.81. The molecule has 0 fully saturated rings. The molecule has 0 spiro atoms. The van der Waals surface area contributed by atoms with Gasteiger partial charge < -0.3 is 15.6 Å². The summed E-state index contributed by atoms with van der Waals surface area (Å²) in [4.78, 5) is 15.9. The lowest BCUT2D eigenvalue weighted by atomic mass is 10.1. The smallest absolute Gasteiger partial charge is 0.246 e. The number of carbonyl (C=O) groups excluding carboxylic acids is 1. The van der Waals surface area contributed by atoms with E-state index in [1.54, 1.807) is 19.1 Å². The number of rotatable bonds is 5. The Morgan fingerprint density at radius 1 is 1.43 bits per heavy atom. The molecular formula is C15H20ClFN4O2. The average molecular weight is 343 g/mol. The van der Waals surface area contributed by atoms with Gasteiger partial charge in [0.1, 0.15) is 5.82 Å². The standard InChI is InChI=1S/C15H19FN4O2.ClH/c1-8(2)13(17)15(21)18-7-12-19-14(20-22-12)10-4-5-11(16)9(3)6-10;/h4-6,8,13H,7,17H2,1-3H3,(H,18,21);1H/t13-;/m0./s1. The SMILES string of the molecule is Cc1cc(-c2noc(CNC(=O)[C@@H](N)C(C)C)n2)ccc1F.Cl. The minimum atomic E-state index is -0.581. The van der Waals surface area contributed by atoms with Crippen LogP contribution in [0, 0.1) is 18.7 Å². The number of nitrogens with zero attached hydrogens (tertiary/aromatic N) is 2. The Morgan fingerprint density at radius 3 is 2.74 bits per heavy atom. The van der Waals surface area contributed by atoms with Crippen LogP contribution < -0.4 is 11.1 Å². The van der Waals surface area contributed by atoms with E-state index in [9.17, 15) is 9.18 Å². The summed E-state index contributed by atoms with van der Waals surface area (Å²) in [5, 5.41) is 6.47. The lowest BCUT2D eigenvalue weighted by Crippen LogP contribution is -2.43. The summed E-state index contributed by atoms with van der Waals surface area (Å²) in [6.45, 7) is 5.50. The minimum Gasteiger partial charge on any atom is -0.346 e. The Hall–Kier alpha value is -1.99. The van der Waals surface area contributed by atoms with E-state index in [1.165, 1.54) is 6.07 Å². The van der Waals surface area contributed by atoms with Crippen LogP contribution in [0.3, 0.4) is 0 Å². The number of carbonyl (C=O) groups is 1. The van der Waals surface area contributed by atoms with Crippen LogP contribution in [-0.4, -0.2) is 22.1 Å². The Balaban J connectivity index is 0.00000264. The summed E-state index contributed by atoms with van der Waals surface area (Å²) in [5.41, 5.74) is 6.89. The molecule has 126 valence electrons. The van der Waals surface area contributed by atoms with Crippen LogP contribution in [0.2, 0.25) is 0 Å². The second-order valence-corrected chi connectivity index (χ2v) is 5.46. The number of hydrogen-bond donors (Lipinski definition) is 2. The van der Waals surface area contributed by atoms with Crippen molar-refractivity contribution in [3.05, 3.63) is 35.5 Å². The monoisotopic (exact) mass is 342 g/mol. The molecule has 1 aromatic carbocycles. The predicted octanol–water partition coefficient (Wildman–Crippen LogP) is 2.21. The average Bonchev–Trinajstić information content (AvgIpc) is 2.95. The fourth-order valence-corrected chi connectivity index (χ4v) is 1.81. The van der Waals surface area contributed by atoms with Crippen LogP contribution in [0.4, 0.5) is 4.39 Å². The summed E-state index contributed by atoms with van der Waals surface area (Å²) >= 11 is 0. The molecule has 0 saturated heterocycles. The van der Waals surface area contributed by atoms with Gasteiger partial charge in [-0.15, -0.1) is 12.4 Å². The van der Waals surface area contributed by atoms with Gasteiger partial charge in [0, 0.05) is 5.56 Å². The van der Waals surface area contributed by atoms with Crippen LogP contribution >= 0.6 is 12.4 Å². The molecule has 0 unspecified atom stereocenters. The number of hydrogen-bond acceptors (Lipinski definition) is 5. The molecule has 2 rings (SSSR count). The predicted molar refractivity (Wildman–Crippen MR) is 86.3 cm³/mol. The zero-order valence-electron chi connectivity index (χ0n) is 13.2. The van der Waals surface area contributed by atoms with Gasteiger partial charge in [0.25, 0.3) is 0 Å². The molecule has 23 heavy (non-hydrogen) atoms. The zero-order chi connectivity index (χ0) is 16.3. The molecule has 1 heterocycles. The first kappa shape index (κ1) is 19.1. The molecule has 0 aliphatic rings. The molecule has 0 aliphatic heterocycles. The highest BCUT2D eigenvalue weighted by Gasteiger charge is 2.18. The number of aryl methyl sites for hydroxylation is 1. The normalized spacial score (nSPS) is 11.9. The van der Waals surface area contributed by atoms with Gasteiger partial charge >= 0.3 is 0 Å². The van der Waals surface area contributed by atoms with E-state index in [1.807, 2.05) is 13.8 Å². The van der Waals surface area contributed by atoms with E-state index >= 15 is 0 Å². The Labute approximate surface area is 140 Å². The summed E-state index contributed by atoms with van der Waals surface area (Å²) in [6, 6.07) is 3.98. The number of nitrogens with one attached hydrogen (secondary N) is 1. The summed E-state index contributed by atoms with van der Waals surface area (Å²) < 4.78 is 18.3.